The highest BCUT2D eigenvalue weighted by Gasteiger charge is 2.54. The number of ether oxygens (including phenoxy) is 2. The van der Waals surface area contributed by atoms with Crippen LogP contribution in [-0.2, 0) is 4.74 Å². The topological polar surface area (TPSA) is 65.9 Å². The summed E-state index contributed by atoms with van der Waals surface area (Å²) in [4.78, 5) is 16.3. The molecule has 4 heterocycles. The Morgan fingerprint density at radius 1 is 1.26 bits per heavy atom. The summed E-state index contributed by atoms with van der Waals surface area (Å²) >= 11 is 0. The summed E-state index contributed by atoms with van der Waals surface area (Å²) in [6.07, 6.45) is 2.18. The minimum absolute atomic E-state index is 0.320. The molecule has 1 N–H and O–H groups in total. The molecule has 5 rings (SSSR count). The van der Waals surface area contributed by atoms with Crippen LogP contribution in [0.1, 0.15) is 19.3 Å². The fourth-order valence-corrected chi connectivity index (χ4v) is 4.16. The van der Waals surface area contributed by atoms with Gasteiger partial charge in [0.2, 0.25) is 0 Å². The van der Waals surface area contributed by atoms with Crippen molar-refractivity contribution in [3.8, 4) is 5.75 Å². The van der Waals surface area contributed by atoms with Crippen LogP contribution in [0.15, 0.2) is 24.3 Å². The summed E-state index contributed by atoms with van der Waals surface area (Å²) in [6.45, 7) is 2.93. The van der Waals surface area contributed by atoms with Gasteiger partial charge in [-0.15, -0.1) is 0 Å². The molecule has 1 atom stereocenters. The van der Waals surface area contributed by atoms with Gasteiger partial charge in [0.05, 0.1) is 12.8 Å². The van der Waals surface area contributed by atoms with E-state index in [-0.39, 0.29) is 0 Å². The lowest BCUT2D eigenvalue weighted by Gasteiger charge is -2.54. The van der Waals surface area contributed by atoms with Crippen LogP contribution in [0.25, 0.3) is 0 Å². The van der Waals surface area contributed by atoms with Crippen LogP contribution >= 0.6 is 0 Å². The summed E-state index contributed by atoms with van der Waals surface area (Å²) in [5, 5.41) is 8.43. The smallest absolute Gasteiger partial charge is 0.420 e. The molecule has 23 heavy (non-hydrogen) atoms. The molecule has 4 saturated heterocycles. The molecule has 0 radical (unpaired) electrons. The maximum Gasteiger partial charge on any atom is 0.420 e. The Morgan fingerprint density at radius 2 is 1.96 bits per heavy atom. The van der Waals surface area contributed by atoms with Crippen LogP contribution < -0.4 is 9.64 Å². The molecular formula is C17H21N3O3. The minimum Gasteiger partial charge on any atom is -0.497 e. The normalized spacial score (nSPS) is 33.0. The molecular weight excluding hydrogens is 294 g/mol. The minimum atomic E-state index is -0.492. The predicted octanol–water partition coefficient (Wildman–Crippen LogP) is 2.48. The molecule has 6 nitrogen and oxygen atoms in total. The van der Waals surface area contributed by atoms with Gasteiger partial charge in [0.25, 0.3) is 0 Å². The third kappa shape index (κ3) is 2.28. The number of hydrogen-bond acceptors (Lipinski definition) is 5. The maximum absolute atomic E-state index is 12.6. The Kier molecular flexibility index (Phi) is 3.30. The zero-order valence-corrected chi connectivity index (χ0v) is 13.2. The number of hydrogen-bond donors (Lipinski definition) is 1. The lowest BCUT2D eigenvalue weighted by molar-refractivity contribution is -0.113. The maximum atomic E-state index is 12.6. The zero-order valence-electron chi connectivity index (χ0n) is 13.2. The number of nitrogens with one attached hydrogen (secondary N) is 1. The number of benzene rings is 1. The average Bonchev–Trinajstić information content (AvgIpc) is 2.55. The molecule has 0 aromatic heterocycles. The first-order valence-corrected chi connectivity index (χ1v) is 8.08. The van der Waals surface area contributed by atoms with E-state index >= 15 is 0 Å². The van der Waals surface area contributed by atoms with E-state index in [9.17, 15) is 4.79 Å². The largest absolute Gasteiger partial charge is 0.497 e. The number of anilines is 1. The molecule has 0 saturated carbocycles. The van der Waals surface area contributed by atoms with E-state index in [0.29, 0.717) is 23.9 Å². The second-order valence-electron chi connectivity index (χ2n) is 6.64. The van der Waals surface area contributed by atoms with Crippen molar-refractivity contribution in [2.75, 3.05) is 31.6 Å². The van der Waals surface area contributed by atoms with E-state index in [4.69, 9.17) is 14.9 Å². The summed E-state index contributed by atoms with van der Waals surface area (Å²) in [5.74, 6) is 1.43. The van der Waals surface area contributed by atoms with Crippen LogP contribution in [0.5, 0.6) is 5.75 Å². The van der Waals surface area contributed by atoms with Gasteiger partial charge in [0.1, 0.15) is 17.2 Å². The number of carbonyl (C=O) groups excluding carboxylic acids is 1. The van der Waals surface area contributed by atoms with Gasteiger partial charge in [0, 0.05) is 18.9 Å². The summed E-state index contributed by atoms with van der Waals surface area (Å²) in [5.41, 5.74) is 0.158. The Bertz CT molecular complexity index is 617. The second kappa shape index (κ2) is 5.23. The third-order valence-corrected chi connectivity index (χ3v) is 5.36. The molecule has 1 aromatic carbocycles. The lowest BCUT2D eigenvalue weighted by atomic mass is 9.72. The summed E-state index contributed by atoms with van der Waals surface area (Å²) < 4.78 is 11.1. The number of carbonyl (C=O) groups is 1. The Labute approximate surface area is 135 Å². The standard InChI is InChI=1S/C17H21N3O3/c1-22-14-4-2-13(3-5-14)20-15(18)10-17(23-16(20)21)11-19-8-6-12(17)7-9-19/h2-5,12,18H,6-11H2,1H3. The highest BCUT2D eigenvalue weighted by Crippen LogP contribution is 2.43. The zero-order chi connectivity index (χ0) is 16.0. The number of nitrogens with zero attached hydrogens (tertiary/aromatic N) is 2. The first-order valence-electron chi connectivity index (χ1n) is 8.08. The van der Waals surface area contributed by atoms with E-state index in [2.05, 4.69) is 4.90 Å². The van der Waals surface area contributed by atoms with Gasteiger partial charge in [-0.2, -0.15) is 0 Å². The Morgan fingerprint density at radius 3 is 2.48 bits per heavy atom. The van der Waals surface area contributed by atoms with Crippen molar-refractivity contribution < 1.29 is 14.3 Å². The molecule has 1 amide bonds. The van der Waals surface area contributed by atoms with Crippen LogP contribution in [-0.4, -0.2) is 49.2 Å². The molecule has 4 aliphatic heterocycles. The second-order valence-corrected chi connectivity index (χ2v) is 6.64. The predicted molar refractivity (Wildman–Crippen MR) is 86.2 cm³/mol. The molecule has 1 aromatic rings. The lowest BCUT2D eigenvalue weighted by Crippen LogP contribution is -2.66. The molecule has 4 aliphatic rings. The molecule has 6 heteroatoms. The van der Waals surface area contributed by atoms with Gasteiger partial charge in [0.15, 0.2) is 0 Å². The van der Waals surface area contributed by atoms with Crippen LogP contribution in [0, 0.1) is 11.3 Å². The fourth-order valence-electron chi connectivity index (χ4n) is 4.16. The highest BCUT2D eigenvalue weighted by atomic mass is 16.6. The van der Waals surface area contributed by atoms with Crippen molar-refractivity contribution in [3.63, 3.8) is 0 Å². The van der Waals surface area contributed by atoms with Crippen molar-refractivity contribution in [2.24, 2.45) is 5.92 Å². The van der Waals surface area contributed by atoms with E-state index in [1.807, 2.05) is 0 Å². The van der Waals surface area contributed by atoms with Crippen molar-refractivity contribution in [2.45, 2.75) is 24.9 Å². The SMILES string of the molecule is COc1ccc(N2C(=N)CC3(CN4CCC3CC4)OC2=O)cc1. The van der Waals surface area contributed by atoms with E-state index in [1.54, 1.807) is 31.4 Å². The number of amides is 1. The third-order valence-electron chi connectivity index (χ3n) is 5.36. The molecule has 1 spiro atoms. The van der Waals surface area contributed by atoms with Crippen molar-refractivity contribution in [3.05, 3.63) is 24.3 Å². The number of rotatable bonds is 2. The van der Waals surface area contributed by atoms with Crippen LogP contribution in [0.3, 0.4) is 0 Å². The van der Waals surface area contributed by atoms with Crippen molar-refractivity contribution in [1.82, 2.24) is 4.90 Å². The molecule has 1 unspecified atom stereocenters. The molecule has 0 aliphatic carbocycles. The van der Waals surface area contributed by atoms with Gasteiger partial charge in [-0.25, -0.2) is 9.69 Å². The fraction of sp³-hybridized carbons (Fsp3) is 0.529. The molecule has 2 bridgehead atoms. The monoisotopic (exact) mass is 315 g/mol. The number of amidine groups is 1. The first-order chi connectivity index (χ1) is 11.1. The molecule has 122 valence electrons. The number of piperidine rings is 3. The van der Waals surface area contributed by atoms with Gasteiger partial charge in [-0.3, -0.25) is 10.3 Å². The van der Waals surface area contributed by atoms with Crippen molar-refractivity contribution in [1.29, 1.82) is 5.41 Å². The molecule has 4 fully saturated rings. The summed E-state index contributed by atoms with van der Waals surface area (Å²) in [6, 6.07) is 7.13. The van der Waals surface area contributed by atoms with Crippen molar-refractivity contribution >= 4 is 17.6 Å². The van der Waals surface area contributed by atoms with Crippen LogP contribution in [0.2, 0.25) is 0 Å². The van der Waals surface area contributed by atoms with E-state index in [1.165, 1.54) is 4.90 Å². The van der Waals surface area contributed by atoms with Crippen LogP contribution in [0.4, 0.5) is 10.5 Å². The number of fused-ring (bicyclic) bond motifs is 2. The van der Waals surface area contributed by atoms with E-state index in [0.717, 1.165) is 38.2 Å². The summed E-state index contributed by atoms with van der Waals surface area (Å²) in [7, 11) is 1.60. The highest BCUT2D eigenvalue weighted by molar-refractivity contribution is 6.15. The Hall–Kier alpha value is -2.08. The van der Waals surface area contributed by atoms with Gasteiger partial charge in [-0.1, -0.05) is 0 Å². The average molecular weight is 315 g/mol. The quantitative estimate of drug-likeness (QED) is 0.910. The van der Waals surface area contributed by atoms with E-state index < -0.39 is 11.7 Å². The van der Waals surface area contributed by atoms with Gasteiger partial charge >= 0.3 is 6.09 Å². The van der Waals surface area contributed by atoms with Gasteiger partial charge in [-0.05, 0) is 50.2 Å². The number of methoxy groups -OCH3 is 1. The Balaban J connectivity index is 1.59. The van der Waals surface area contributed by atoms with Gasteiger partial charge < -0.3 is 9.47 Å². The first kappa shape index (κ1) is 14.5.